The fourth-order valence-electron chi connectivity index (χ4n) is 2.38. The SMILES string of the molecule is CCOc1cc([N+](=O)[O-])c(C(=O)O[C@H](C)C(=O)Nc2cccc(F)c2)cc1OC. The summed E-state index contributed by atoms with van der Waals surface area (Å²) in [6, 6.07) is 7.32. The van der Waals surface area contributed by atoms with Crippen molar-refractivity contribution in [3.05, 3.63) is 57.9 Å². The van der Waals surface area contributed by atoms with Crippen molar-refractivity contribution in [2.75, 3.05) is 19.0 Å². The number of hydrogen-bond acceptors (Lipinski definition) is 7. The number of nitro groups is 1. The van der Waals surface area contributed by atoms with Gasteiger partial charge in [0, 0.05) is 11.8 Å². The fourth-order valence-corrected chi connectivity index (χ4v) is 2.38. The van der Waals surface area contributed by atoms with E-state index in [4.69, 9.17) is 14.2 Å². The first-order chi connectivity index (χ1) is 13.8. The summed E-state index contributed by atoms with van der Waals surface area (Å²) in [6.45, 7) is 3.20. The lowest BCUT2D eigenvalue weighted by atomic mass is 10.1. The molecule has 0 radical (unpaired) electrons. The Morgan fingerprint density at radius 2 is 1.97 bits per heavy atom. The van der Waals surface area contributed by atoms with Gasteiger partial charge < -0.3 is 19.5 Å². The molecule has 1 amide bonds. The number of esters is 1. The van der Waals surface area contributed by atoms with Crippen LogP contribution in [0.1, 0.15) is 24.2 Å². The second kappa shape index (κ2) is 9.49. The van der Waals surface area contributed by atoms with Gasteiger partial charge in [-0.15, -0.1) is 0 Å². The lowest BCUT2D eigenvalue weighted by molar-refractivity contribution is -0.385. The van der Waals surface area contributed by atoms with E-state index in [1.807, 2.05) is 0 Å². The lowest BCUT2D eigenvalue weighted by Gasteiger charge is -2.15. The first-order valence-corrected chi connectivity index (χ1v) is 8.53. The van der Waals surface area contributed by atoms with Gasteiger partial charge in [0.25, 0.3) is 11.6 Å². The molecule has 154 valence electrons. The summed E-state index contributed by atoms with van der Waals surface area (Å²) in [5.74, 6) is -2.19. The average molecular weight is 406 g/mol. The number of rotatable bonds is 8. The first kappa shape index (κ1) is 21.6. The predicted molar refractivity (Wildman–Crippen MR) is 101 cm³/mol. The maximum Gasteiger partial charge on any atom is 0.346 e. The van der Waals surface area contributed by atoms with Crippen molar-refractivity contribution >= 4 is 23.3 Å². The normalized spacial score (nSPS) is 11.3. The fraction of sp³-hybridized carbons (Fsp3) is 0.263. The van der Waals surface area contributed by atoms with Gasteiger partial charge in [0.1, 0.15) is 11.4 Å². The molecule has 0 aromatic heterocycles. The average Bonchev–Trinajstić information content (AvgIpc) is 2.67. The van der Waals surface area contributed by atoms with Gasteiger partial charge in [0.05, 0.1) is 24.7 Å². The standard InChI is InChI=1S/C19H19FN2O7/c1-4-28-17-10-15(22(25)26)14(9-16(17)27-3)19(24)29-11(2)18(23)21-13-7-5-6-12(20)8-13/h5-11H,4H2,1-3H3,(H,21,23)/t11-/m1/s1. The molecule has 0 unspecified atom stereocenters. The van der Waals surface area contributed by atoms with E-state index >= 15 is 0 Å². The molecular weight excluding hydrogens is 387 g/mol. The van der Waals surface area contributed by atoms with E-state index < -0.39 is 40.0 Å². The van der Waals surface area contributed by atoms with Crippen LogP contribution in [0.25, 0.3) is 0 Å². The summed E-state index contributed by atoms with van der Waals surface area (Å²) in [5.41, 5.74) is -0.788. The molecule has 10 heteroatoms. The van der Waals surface area contributed by atoms with Crippen LogP contribution in [0.2, 0.25) is 0 Å². The number of nitrogens with zero attached hydrogens (tertiary/aromatic N) is 1. The number of halogens is 1. The van der Waals surface area contributed by atoms with E-state index in [1.54, 1.807) is 6.92 Å². The summed E-state index contributed by atoms with van der Waals surface area (Å²) in [6.07, 6.45) is -1.30. The Bertz CT molecular complexity index is 933. The number of nitro benzene ring substituents is 1. The van der Waals surface area contributed by atoms with Gasteiger partial charge in [0.15, 0.2) is 17.6 Å². The van der Waals surface area contributed by atoms with Crippen LogP contribution in [0.4, 0.5) is 15.8 Å². The minimum absolute atomic E-state index is 0.0927. The zero-order valence-corrected chi connectivity index (χ0v) is 15.9. The number of anilines is 1. The van der Waals surface area contributed by atoms with Crippen LogP contribution in [0.3, 0.4) is 0 Å². The number of amides is 1. The molecule has 9 nitrogen and oxygen atoms in total. The molecule has 0 fully saturated rings. The van der Waals surface area contributed by atoms with Gasteiger partial charge in [-0.3, -0.25) is 14.9 Å². The number of ether oxygens (including phenoxy) is 3. The van der Waals surface area contributed by atoms with E-state index in [2.05, 4.69) is 5.32 Å². The van der Waals surface area contributed by atoms with Gasteiger partial charge in [-0.2, -0.15) is 0 Å². The van der Waals surface area contributed by atoms with Crippen LogP contribution in [0, 0.1) is 15.9 Å². The topological polar surface area (TPSA) is 117 Å². The molecule has 29 heavy (non-hydrogen) atoms. The van der Waals surface area contributed by atoms with Crippen LogP contribution in [-0.2, 0) is 9.53 Å². The third kappa shape index (κ3) is 5.41. The molecule has 0 saturated carbocycles. The molecule has 0 heterocycles. The van der Waals surface area contributed by atoms with E-state index in [9.17, 15) is 24.1 Å². The number of methoxy groups -OCH3 is 1. The number of hydrogen-bond donors (Lipinski definition) is 1. The van der Waals surface area contributed by atoms with Crippen LogP contribution in [0.15, 0.2) is 36.4 Å². The highest BCUT2D eigenvalue weighted by Crippen LogP contribution is 2.35. The zero-order valence-electron chi connectivity index (χ0n) is 15.9. The zero-order chi connectivity index (χ0) is 21.6. The predicted octanol–water partition coefficient (Wildman–Crippen LogP) is 3.33. The van der Waals surface area contributed by atoms with Crippen LogP contribution < -0.4 is 14.8 Å². The van der Waals surface area contributed by atoms with E-state index in [1.165, 1.54) is 32.2 Å². The molecule has 2 aromatic carbocycles. The van der Waals surface area contributed by atoms with E-state index in [-0.39, 0.29) is 23.8 Å². The monoisotopic (exact) mass is 406 g/mol. The second-order valence-electron chi connectivity index (χ2n) is 5.76. The maximum absolute atomic E-state index is 13.2. The minimum Gasteiger partial charge on any atom is -0.493 e. The summed E-state index contributed by atoms with van der Waals surface area (Å²) in [7, 11) is 1.31. The van der Waals surface area contributed by atoms with Crippen LogP contribution in [0.5, 0.6) is 11.5 Å². The van der Waals surface area contributed by atoms with Gasteiger partial charge in [-0.1, -0.05) is 6.07 Å². The van der Waals surface area contributed by atoms with Gasteiger partial charge in [-0.05, 0) is 32.0 Å². The van der Waals surface area contributed by atoms with Crippen molar-refractivity contribution in [2.24, 2.45) is 0 Å². The second-order valence-corrected chi connectivity index (χ2v) is 5.76. The van der Waals surface area contributed by atoms with Gasteiger partial charge in [-0.25, -0.2) is 9.18 Å². The molecule has 0 aliphatic carbocycles. The Labute approximate surface area is 165 Å². The molecule has 0 saturated heterocycles. The lowest BCUT2D eigenvalue weighted by Crippen LogP contribution is -2.30. The summed E-state index contributed by atoms with van der Waals surface area (Å²) < 4.78 is 28.6. The Hall–Kier alpha value is -3.69. The van der Waals surface area contributed by atoms with Crippen LogP contribution >= 0.6 is 0 Å². The molecule has 2 rings (SSSR count). The Morgan fingerprint density at radius 1 is 1.24 bits per heavy atom. The Morgan fingerprint density at radius 3 is 2.55 bits per heavy atom. The molecular formula is C19H19FN2O7. The van der Waals surface area contributed by atoms with Gasteiger partial charge in [0.2, 0.25) is 0 Å². The van der Waals surface area contributed by atoms with Crippen molar-refractivity contribution in [1.29, 1.82) is 0 Å². The Balaban J connectivity index is 2.22. The van der Waals surface area contributed by atoms with Crippen molar-refractivity contribution < 1.29 is 33.1 Å². The molecule has 0 aliphatic rings. The highest BCUT2D eigenvalue weighted by atomic mass is 19.1. The molecule has 1 atom stereocenters. The molecule has 2 aromatic rings. The summed E-state index contributed by atoms with van der Waals surface area (Å²) in [5, 5.41) is 13.8. The van der Waals surface area contributed by atoms with E-state index in [0.717, 1.165) is 18.2 Å². The number of carbonyl (C=O) groups is 2. The molecule has 0 aliphatic heterocycles. The highest BCUT2D eigenvalue weighted by Gasteiger charge is 2.28. The van der Waals surface area contributed by atoms with E-state index in [0.29, 0.717) is 0 Å². The van der Waals surface area contributed by atoms with Gasteiger partial charge >= 0.3 is 5.97 Å². The highest BCUT2D eigenvalue weighted by molar-refractivity contribution is 5.99. The summed E-state index contributed by atoms with van der Waals surface area (Å²) in [4.78, 5) is 35.2. The number of carbonyl (C=O) groups excluding carboxylic acids is 2. The quantitative estimate of drug-likeness (QED) is 0.406. The minimum atomic E-state index is -1.30. The van der Waals surface area contributed by atoms with Crippen LogP contribution in [-0.4, -0.2) is 36.6 Å². The first-order valence-electron chi connectivity index (χ1n) is 8.53. The van der Waals surface area contributed by atoms with Crippen molar-refractivity contribution in [3.8, 4) is 11.5 Å². The Kier molecular flexibility index (Phi) is 7.07. The molecule has 0 spiro atoms. The largest absolute Gasteiger partial charge is 0.493 e. The maximum atomic E-state index is 13.2. The van der Waals surface area contributed by atoms with Crippen molar-refractivity contribution in [1.82, 2.24) is 0 Å². The number of nitrogens with one attached hydrogen (secondary N) is 1. The molecule has 0 bridgehead atoms. The summed E-state index contributed by atoms with van der Waals surface area (Å²) >= 11 is 0. The van der Waals surface area contributed by atoms with Crippen molar-refractivity contribution in [3.63, 3.8) is 0 Å². The number of benzene rings is 2. The smallest absolute Gasteiger partial charge is 0.346 e. The third-order valence-corrected chi connectivity index (χ3v) is 3.74. The molecule has 1 N–H and O–H groups in total. The van der Waals surface area contributed by atoms with Crippen molar-refractivity contribution in [2.45, 2.75) is 20.0 Å². The third-order valence-electron chi connectivity index (χ3n) is 3.74.